The van der Waals surface area contributed by atoms with Crippen LogP contribution in [0.25, 0.3) is 10.9 Å². The van der Waals surface area contributed by atoms with Crippen LogP contribution in [0.2, 0.25) is 0 Å². The van der Waals surface area contributed by atoms with E-state index in [1.165, 1.54) is 36.7 Å². The zero-order chi connectivity index (χ0) is 26.0. The predicted molar refractivity (Wildman–Crippen MR) is 124 cm³/mol. The van der Waals surface area contributed by atoms with Gasteiger partial charge in [0.1, 0.15) is 11.9 Å². The highest BCUT2D eigenvalue weighted by Crippen LogP contribution is 2.38. The van der Waals surface area contributed by atoms with Crippen molar-refractivity contribution >= 4 is 28.8 Å². The molecule has 190 valence electrons. The predicted octanol–water partition coefficient (Wildman–Crippen LogP) is 3.19. The Balaban J connectivity index is 1.85. The van der Waals surface area contributed by atoms with Crippen LogP contribution >= 0.6 is 0 Å². The number of benzene rings is 2. The number of carbonyl (C=O) groups excluding carboxylic acids is 3. The summed E-state index contributed by atoms with van der Waals surface area (Å²) < 4.78 is 38.7. The van der Waals surface area contributed by atoms with Gasteiger partial charge >= 0.3 is 17.9 Å². The van der Waals surface area contributed by atoms with Gasteiger partial charge in [-0.15, -0.1) is 0 Å². The summed E-state index contributed by atoms with van der Waals surface area (Å²) in [6, 6.07) is 13.3. The third kappa shape index (κ3) is 5.09. The zero-order valence-electron chi connectivity index (χ0n) is 19.9. The molecule has 0 saturated carbocycles. The molecule has 5 atom stereocenters. The number of hydrogen-bond acceptors (Lipinski definition) is 8. The Hall–Kier alpha value is -3.76. The number of esters is 3. The molecular formula is C26H26FNO8. The van der Waals surface area contributed by atoms with Gasteiger partial charge in [-0.25, -0.2) is 4.39 Å². The summed E-state index contributed by atoms with van der Waals surface area (Å²) in [5.74, 6) is -2.66. The van der Waals surface area contributed by atoms with E-state index >= 15 is 4.39 Å². The molecule has 1 aliphatic rings. The smallest absolute Gasteiger partial charge is 0.303 e. The average molecular weight is 499 g/mol. The molecule has 2 aromatic carbocycles. The number of halogens is 1. The number of hydrogen-bond donors (Lipinski definition) is 1. The second-order valence-corrected chi connectivity index (χ2v) is 8.46. The lowest BCUT2D eigenvalue weighted by atomic mass is 10.0. The van der Waals surface area contributed by atoms with Crippen LogP contribution in [0.4, 0.5) is 4.39 Å². The molecule has 0 bridgehead atoms. The summed E-state index contributed by atoms with van der Waals surface area (Å²) in [4.78, 5) is 35.6. The third-order valence-electron chi connectivity index (χ3n) is 5.84. The number of para-hydroxylation sites is 1. The standard InChI is InChI=1S/C26H26FNO8/c1-14(29)34-21-13-33-26(25(36-16(3)31)24(21)35-15(2)30)28-12-19(18-10-7-11-20(27)22(18)28)23(32)17-8-5-4-6-9-17/h4-12,21,23-26,32H,13H2,1-3H3/t21-,23?,24+,25-,26-/m1/s1. The van der Waals surface area contributed by atoms with Gasteiger partial charge in [-0.05, 0) is 11.6 Å². The van der Waals surface area contributed by atoms with Gasteiger partial charge in [0.2, 0.25) is 0 Å². The largest absolute Gasteiger partial charge is 0.456 e. The van der Waals surface area contributed by atoms with Crippen molar-refractivity contribution < 1.29 is 42.8 Å². The molecule has 4 rings (SSSR count). The fourth-order valence-corrected chi connectivity index (χ4v) is 4.49. The Labute approximate surface area is 206 Å². The zero-order valence-corrected chi connectivity index (χ0v) is 19.9. The number of aliphatic hydroxyl groups is 1. The Kier molecular flexibility index (Phi) is 7.37. The van der Waals surface area contributed by atoms with Crippen LogP contribution < -0.4 is 0 Å². The molecule has 0 radical (unpaired) electrons. The number of fused-ring (bicyclic) bond motifs is 1. The van der Waals surface area contributed by atoms with E-state index in [9.17, 15) is 19.5 Å². The van der Waals surface area contributed by atoms with Crippen molar-refractivity contribution in [3.8, 4) is 0 Å². The summed E-state index contributed by atoms with van der Waals surface area (Å²) in [6.07, 6.45) is -4.31. The first-order chi connectivity index (χ1) is 17.2. The van der Waals surface area contributed by atoms with Crippen molar-refractivity contribution in [2.45, 2.75) is 51.4 Å². The Morgan fingerprint density at radius 2 is 1.58 bits per heavy atom. The molecule has 1 saturated heterocycles. The summed E-state index contributed by atoms with van der Waals surface area (Å²) in [6.45, 7) is 3.30. The summed E-state index contributed by atoms with van der Waals surface area (Å²) in [5, 5.41) is 11.5. The van der Waals surface area contributed by atoms with Gasteiger partial charge in [-0.1, -0.05) is 42.5 Å². The van der Waals surface area contributed by atoms with Crippen molar-refractivity contribution in [3.63, 3.8) is 0 Å². The molecule has 3 aromatic rings. The topological polar surface area (TPSA) is 113 Å². The highest BCUT2D eigenvalue weighted by atomic mass is 19.1. The lowest BCUT2D eigenvalue weighted by Crippen LogP contribution is -2.55. The van der Waals surface area contributed by atoms with Crippen LogP contribution in [0.15, 0.2) is 54.7 Å². The van der Waals surface area contributed by atoms with Gasteiger partial charge in [0.15, 0.2) is 24.5 Å². The number of rotatable bonds is 6. The number of aliphatic hydroxyl groups excluding tert-OH is 1. The van der Waals surface area contributed by atoms with Gasteiger partial charge in [0.05, 0.1) is 12.1 Å². The molecule has 10 heteroatoms. The molecule has 36 heavy (non-hydrogen) atoms. The van der Waals surface area contributed by atoms with E-state index in [-0.39, 0.29) is 12.1 Å². The maximum atomic E-state index is 15.2. The monoisotopic (exact) mass is 499 g/mol. The normalized spacial score (nSPS) is 22.6. The van der Waals surface area contributed by atoms with E-state index in [0.29, 0.717) is 16.5 Å². The number of carbonyl (C=O) groups is 3. The average Bonchev–Trinajstić information content (AvgIpc) is 3.21. The van der Waals surface area contributed by atoms with Crippen LogP contribution in [0.5, 0.6) is 0 Å². The lowest BCUT2D eigenvalue weighted by molar-refractivity contribution is -0.239. The first-order valence-corrected chi connectivity index (χ1v) is 11.3. The van der Waals surface area contributed by atoms with Crippen LogP contribution in [0, 0.1) is 5.82 Å². The first-order valence-electron chi connectivity index (χ1n) is 11.3. The van der Waals surface area contributed by atoms with Gasteiger partial charge in [-0.3, -0.25) is 14.4 Å². The number of ether oxygens (including phenoxy) is 4. The molecule has 1 unspecified atom stereocenters. The third-order valence-corrected chi connectivity index (χ3v) is 5.84. The van der Waals surface area contributed by atoms with Gasteiger partial charge in [0.25, 0.3) is 0 Å². The maximum Gasteiger partial charge on any atom is 0.303 e. The molecule has 1 aromatic heterocycles. The van der Waals surface area contributed by atoms with Gasteiger partial charge in [-0.2, -0.15) is 0 Å². The van der Waals surface area contributed by atoms with Gasteiger partial charge in [0, 0.05) is 37.9 Å². The summed E-state index contributed by atoms with van der Waals surface area (Å²) in [7, 11) is 0. The minimum atomic E-state index is -1.29. The van der Waals surface area contributed by atoms with Crippen molar-refractivity contribution in [2.75, 3.05) is 6.61 Å². The summed E-state index contributed by atoms with van der Waals surface area (Å²) >= 11 is 0. The Morgan fingerprint density at radius 3 is 2.22 bits per heavy atom. The highest BCUT2D eigenvalue weighted by molar-refractivity contribution is 5.85. The first kappa shape index (κ1) is 25.3. The Morgan fingerprint density at radius 1 is 0.944 bits per heavy atom. The molecule has 1 aliphatic heterocycles. The van der Waals surface area contributed by atoms with E-state index in [2.05, 4.69) is 0 Å². The molecule has 9 nitrogen and oxygen atoms in total. The van der Waals surface area contributed by atoms with Crippen LogP contribution in [-0.2, 0) is 33.3 Å². The summed E-state index contributed by atoms with van der Waals surface area (Å²) in [5.41, 5.74) is 1.08. The second-order valence-electron chi connectivity index (χ2n) is 8.46. The lowest BCUT2D eigenvalue weighted by Gasteiger charge is -2.41. The van der Waals surface area contributed by atoms with E-state index in [4.69, 9.17) is 18.9 Å². The molecular weight excluding hydrogens is 473 g/mol. The fourth-order valence-electron chi connectivity index (χ4n) is 4.49. The molecule has 0 aliphatic carbocycles. The quantitative estimate of drug-likeness (QED) is 0.407. The minimum Gasteiger partial charge on any atom is -0.456 e. The minimum absolute atomic E-state index is 0.0946. The SMILES string of the molecule is CC(=O)O[C@@H]1[C@@H](OC(C)=O)[C@H](OC(C)=O)CO[C@H]1n1cc(C(O)c2ccccc2)c2cccc(F)c21. The Bertz CT molecular complexity index is 1270. The van der Waals surface area contributed by atoms with Crippen molar-refractivity contribution in [3.05, 3.63) is 71.7 Å². The molecule has 1 N–H and O–H groups in total. The van der Waals surface area contributed by atoms with Crippen molar-refractivity contribution in [1.29, 1.82) is 0 Å². The van der Waals surface area contributed by atoms with Crippen LogP contribution in [0.3, 0.4) is 0 Å². The number of aromatic nitrogens is 1. The molecule has 0 amide bonds. The van der Waals surface area contributed by atoms with E-state index < -0.39 is 54.4 Å². The van der Waals surface area contributed by atoms with Crippen molar-refractivity contribution in [2.24, 2.45) is 0 Å². The number of nitrogens with zero attached hydrogens (tertiary/aromatic N) is 1. The van der Waals surface area contributed by atoms with Crippen LogP contribution in [-0.4, -0.2) is 52.5 Å². The van der Waals surface area contributed by atoms with Gasteiger partial charge < -0.3 is 28.6 Å². The van der Waals surface area contributed by atoms with E-state index in [1.807, 2.05) is 6.07 Å². The van der Waals surface area contributed by atoms with Crippen molar-refractivity contribution in [1.82, 2.24) is 4.57 Å². The van der Waals surface area contributed by atoms with E-state index in [0.717, 1.165) is 6.92 Å². The van der Waals surface area contributed by atoms with Crippen LogP contribution in [0.1, 0.15) is 44.2 Å². The maximum absolute atomic E-state index is 15.2. The highest BCUT2D eigenvalue weighted by Gasteiger charge is 2.48. The molecule has 0 spiro atoms. The van der Waals surface area contributed by atoms with E-state index in [1.54, 1.807) is 30.3 Å². The second kappa shape index (κ2) is 10.5. The molecule has 2 heterocycles. The fraction of sp³-hybridized carbons (Fsp3) is 0.346. The molecule has 1 fully saturated rings.